The van der Waals surface area contributed by atoms with Crippen LogP contribution in [0.25, 0.3) is 10.8 Å². The Morgan fingerprint density at radius 2 is 1.68 bits per heavy atom. The van der Waals surface area contributed by atoms with Crippen LogP contribution in [0.5, 0.6) is 0 Å². The van der Waals surface area contributed by atoms with Crippen molar-refractivity contribution in [3.05, 3.63) is 72.3 Å². The minimum Gasteiger partial charge on any atom is -0.387 e. The third-order valence-corrected chi connectivity index (χ3v) is 6.23. The maximum absolute atomic E-state index is 12.7. The number of hydrogen-bond donors (Lipinski definition) is 2. The summed E-state index contributed by atoms with van der Waals surface area (Å²) in [6, 6.07) is 19.9. The van der Waals surface area contributed by atoms with Crippen LogP contribution in [0.15, 0.2) is 76.5 Å². The van der Waals surface area contributed by atoms with E-state index in [2.05, 4.69) is 4.72 Å². The summed E-state index contributed by atoms with van der Waals surface area (Å²) in [4.78, 5) is 1.31. The van der Waals surface area contributed by atoms with Crippen LogP contribution in [0.4, 0.5) is 0 Å². The van der Waals surface area contributed by atoms with Crippen molar-refractivity contribution in [2.75, 3.05) is 12.8 Å². The van der Waals surface area contributed by atoms with Crippen LogP contribution in [-0.2, 0) is 10.0 Å². The molecule has 0 radical (unpaired) electrons. The Bertz CT molecular complexity index is 964. The molecule has 0 saturated carbocycles. The van der Waals surface area contributed by atoms with Gasteiger partial charge in [0.05, 0.1) is 11.0 Å². The first-order chi connectivity index (χ1) is 12.0. The fourth-order valence-electron chi connectivity index (χ4n) is 2.64. The molecule has 2 N–H and O–H groups in total. The Morgan fingerprint density at radius 3 is 2.40 bits per heavy atom. The predicted octanol–water partition coefficient (Wildman–Crippen LogP) is 3.57. The fraction of sp³-hybridized carbons (Fsp3) is 0.158. The summed E-state index contributed by atoms with van der Waals surface area (Å²) in [6.07, 6.45) is 1.07. The van der Waals surface area contributed by atoms with Gasteiger partial charge in [0.1, 0.15) is 0 Å². The molecule has 0 aliphatic heterocycles. The second kappa shape index (κ2) is 7.58. The minimum atomic E-state index is -3.72. The second-order valence-corrected chi connectivity index (χ2v) is 8.23. The molecule has 0 amide bonds. The van der Waals surface area contributed by atoms with Crippen LogP contribution in [0, 0.1) is 0 Å². The minimum absolute atomic E-state index is 0.0792. The zero-order chi connectivity index (χ0) is 17.9. The van der Waals surface area contributed by atoms with Crippen molar-refractivity contribution in [2.24, 2.45) is 0 Å². The van der Waals surface area contributed by atoms with Gasteiger partial charge in [-0.25, -0.2) is 13.1 Å². The highest BCUT2D eigenvalue weighted by molar-refractivity contribution is 7.98. The van der Waals surface area contributed by atoms with E-state index in [1.165, 1.54) is 0 Å². The van der Waals surface area contributed by atoms with Gasteiger partial charge in [0, 0.05) is 16.8 Å². The lowest BCUT2D eigenvalue weighted by molar-refractivity contribution is 0.182. The molecule has 0 aliphatic carbocycles. The average molecular weight is 373 g/mol. The quantitative estimate of drug-likeness (QED) is 0.648. The monoisotopic (exact) mass is 373 g/mol. The zero-order valence-corrected chi connectivity index (χ0v) is 15.3. The van der Waals surface area contributed by atoms with E-state index in [1.807, 2.05) is 54.8 Å². The van der Waals surface area contributed by atoms with E-state index in [1.54, 1.807) is 30.0 Å². The van der Waals surface area contributed by atoms with Crippen LogP contribution in [-0.4, -0.2) is 26.3 Å². The van der Waals surface area contributed by atoms with E-state index < -0.39 is 16.1 Å². The van der Waals surface area contributed by atoms with Crippen LogP contribution in [0.3, 0.4) is 0 Å². The first-order valence-electron chi connectivity index (χ1n) is 7.81. The summed E-state index contributed by atoms with van der Waals surface area (Å²) in [5.41, 5.74) is 0.679. The van der Waals surface area contributed by atoms with Crippen molar-refractivity contribution in [3.63, 3.8) is 0 Å². The zero-order valence-electron chi connectivity index (χ0n) is 13.7. The molecule has 0 fully saturated rings. The van der Waals surface area contributed by atoms with E-state index in [0.29, 0.717) is 10.9 Å². The molecule has 0 unspecified atom stereocenters. The van der Waals surface area contributed by atoms with E-state index in [4.69, 9.17) is 0 Å². The van der Waals surface area contributed by atoms with Gasteiger partial charge in [0.15, 0.2) is 0 Å². The smallest absolute Gasteiger partial charge is 0.241 e. The lowest BCUT2D eigenvalue weighted by atomic mass is 10.1. The standard InChI is InChI=1S/C19H19NO3S2/c1-24-16-11-9-15(10-12-16)18(21)13-20-25(22,23)19-8-4-6-14-5-2-3-7-17(14)19/h2-12,18,20-21H,13H2,1H3/t18-/m1/s1. The molecule has 130 valence electrons. The number of aliphatic hydroxyl groups is 1. The average Bonchev–Trinajstić information content (AvgIpc) is 2.65. The lowest BCUT2D eigenvalue weighted by Gasteiger charge is -2.14. The fourth-order valence-corrected chi connectivity index (χ4v) is 4.31. The summed E-state index contributed by atoms with van der Waals surface area (Å²) in [5, 5.41) is 11.8. The molecular formula is C19H19NO3S2. The molecule has 6 heteroatoms. The van der Waals surface area contributed by atoms with E-state index >= 15 is 0 Å². The Labute approximate surface area is 151 Å². The third-order valence-electron chi connectivity index (χ3n) is 4.01. The lowest BCUT2D eigenvalue weighted by Crippen LogP contribution is -2.28. The van der Waals surface area contributed by atoms with Crippen molar-refractivity contribution >= 4 is 32.6 Å². The van der Waals surface area contributed by atoms with Crippen molar-refractivity contribution in [1.82, 2.24) is 4.72 Å². The third kappa shape index (κ3) is 4.04. The van der Waals surface area contributed by atoms with E-state index in [-0.39, 0.29) is 11.4 Å². The van der Waals surface area contributed by atoms with Gasteiger partial charge in [0.25, 0.3) is 0 Å². The van der Waals surface area contributed by atoms with Crippen LogP contribution < -0.4 is 4.72 Å². The second-order valence-electron chi connectivity index (χ2n) is 5.62. The van der Waals surface area contributed by atoms with Crippen LogP contribution >= 0.6 is 11.8 Å². The van der Waals surface area contributed by atoms with Gasteiger partial charge in [-0.05, 0) is 35.4 Å². The first-order valence-corrected chi connectivity index (χ1v) is 10.5. The summed E-state index contributed by atoms with van der Waals surface area (Å²) >= 11 is 1.61. The molecule has 25 heavy (non-hydrogen) atoms. The normalized spacial score (nSPS) is 13.0. The molecule has 0 aliphatic rings. The van der Waals surface area contributed by atoms with Gasteiger partial charge < -0.3 is 5.11 Å². The summed E-state index contributed by atoms with van der Waals surface area (Å²) in [7, 11) is -3.72. The van der Waals surface area contributed by atoms with Crippen molar-refractivity contribution < 1.29 is 13.5 Å². The van der Waals surface area contributed by atoms with Crippen molar-refractivity contribution in [3.8, 4) is 0 Å². The molecule has 0 spiro atoms. The number of thioether (sulfide) groups is 1. The van der Waals surface area contributed by atoms with Crippen LogP contribution in [0.2, 0.25) is 0 Å². The highest BCUT2D eigenvalue weighted by atomic mass is 32.2. The van der Waals surface area contributed by atoms with Gasteiger partial charge in [-0.15, -0.1) is 11.8 Å². The molecular weight excluding hydrogens is 354 g/mol. The Kier molecular flexibility index (Phi) is 5.44. The number of benzene rings is 3. The molecule has 4 nitrogen and oxygen atoms in total. The molecule has 0 aromatic heterocycles. The van der Waals surface area contributed by atoms with Gasteiger partial charge in [0.2, 0.25) is 10.0 Å². The highest BCUT2D eigenvalue weighted by Gasteiger charge is 2.19. The molecule has 3 aromatic carbocycles. The number of aliphatic hydroxyl groups excluding tert-OH is 1. The molecule has 3 rings (SSSR count). The first kappa shape index (κ1) is 17.9. The Morgan fingerprint density at radius 1 is 1.00 bits per heavy atom. The Hall–Kier alpha value is -1.86. The number of nitrogens with one attached hydrogen (secondary N) is 1. The molecule has 3 aromatic rings. The highest BCUT2D eigenvalue weighted by Crippen LogP contribution is 2.23. The maximum atomic E-state index is 12.7. The molecule has 1 atom stereocenters. The number of rotatable bonds is 6. The largest absolute Gasteiger partial charge is 0.387 e. The maximum Gasteiger partial charge on any atom is 0.241 e. The SMILES string of the molecule is CSc1ccc([C@H](O)CNS(=O)(=O)c2cccc3ccccc23)cc1. The summed E-state index contributed by atoms with van der Waals surface area (Å²) in [6.45, 7) is -0.0792. The summed E-state index contributed by atoms with van der Waals surface area (Å²) in [5.74, 6) is 0. The van der Waals surface area contributed by atoms with Crippen molar-refractivity contribution in [2.45, 2.75) is 15.9 Å². The number of fused-ring (bicyclic) bond motifs is 1. The number of hydrogen-bond acceptors (Lipinski definition) is 4. The molecule has 0 saturated heterocycles. The van der Waals surface area contributed by atoms with Gasteiger partial charge in [-0.1, -0.05) is 48.5 Å². The Balaban J connectivity index is 1.79. The van der Waals surface area contributed by atoms with E-state index in [0.717, 1.165) is 10.3 Å². The number of sulfonamides is 1. The van der Waals surface area contributed by atoms with Crippen LogP contribution in [0.1, 0.15) is 11.7 Å². The molecule has 0 heterocycles. The van der Waals surface area contributed by atoms with Crippen molar-refractivity contribution in [1.29, 1.82) is 0 Å². The predicted molar refractivity (Wildman–Crippen MR) is 102 cm³/mol. The van der Waals surface area contributed by atoms with Gasteiger partial charge in [-0.3, -0.25) is 0 Å². The van der Waals surface area contributed by atoms with Gasteiger partial charge >= 0.3 is 0 Å². The topological polar surface area (TPSA) is 66.4 Å². The van der Waals surface area contributed by atoms with Gasteiger partial charge in [-0.2, -0.15) is 0 Å². The van der Waals surface area contributed by atoms with E-state index in [9.17, 15) is 13.5 Å². The summed E-state index contributed by atoms with van der Waals surface area (Å²) < 4.78 is 27.8. The molecule has 0 bridgehead atoms.